The van der Waals surface area contributed by atoms with Crippen molar-refractivity contribution < 1.29 is 14.1 Å². The summed E-state index contributed by atoms with van der Waals surface area (Å²) in [6.45, 7) is 2.27. The van der Waals surface area contributed by atoms with Crippen LogP contribution in [0.4, 0.5) is 10.5 Å². The zero-order valence-corrected chi connectivity index (χ0v) is 14.7. The summed E-state index contributed by atoms with van der Waals surface area (Å²) in [4.78, 5) is 32.9. The van der Waals surface area contributed by atoms with Crippen molar-refractivity contribution in [3.8, 4) is 11.4 Å². The molecule has 1 aromatic heterocycles. The van der Waals surface area contributed by atoms with Crippen molar-refractivity contribution in [3.05, 3.63) is 30.2 Å². The SMILES string of the molecule is CN1CC(=O)N(Cc2nc(-c3ccc(N4CCCCC4)cc3)no2)C1=O. The Morgan fingerprint density at radius 3 is 2.46 bits per heavy atom. The Kier molecular flexibility index (Phi) is 4.32. The Morgan fingerprint density at radius 2 is 1.81 bits per heavy atom. The van der Waals surface area contributed by atoms with Crippen molar-refractivity contribution in [1.82, 2.24) is 19.9 Å². The van der Waals surface area contributed by atoms with Crippen LogP contribution < -0.4 is 4.90 Å². The van der Waals surface area contributed by atoms with E-state index in [-0.39, 0.29) is 30.9 Å². The standard InChI is InChI=1S/C18H21N5O3/c1-21-12-16(24)23(18(21)25)11-15-19-17(20-26-15)13-5-7-14(8-6-13)22-9-3-2-4-10-22/h5-8H,2-4,9-12H2,1H3. The number of carbonyl (C=O) groups is 2. The van der Waals surface area contributed by atoms with E-state index in [2.05, 4.69) is 27.2 Å². The van der Waals surface area contributed by atoms with Crippen molar-refractivity contribution in [3.63, 3.8) is 0 Å². The van der Waals surface area contributed by atoms with Gasteiger partial charge in [-0.15, -0.1) is 0 Å². The average Bonchev–Trinajstić information content (AvgIpc) is 3.23. The number of rotatable bonds is 4. The van der Waals surface area contributed by atoms with E-state index < -0.39 is 0 Å². The molecule has 0 unspecified atom stereocenters. The predicted octanol–water partition coefficient (Wildman–Crippen LogP) is 2.12. The molecule has 3 heterocycles. The molecule has 136 valence electrons. The van der Waals surface area contributed by atoms with Gasteiger partial charge in [-0.3, -0.25) is 9.69 Å². The molecule has 1 aromatic carbocycles. The quantitative estimate of drug-likeness (QED) is 0.781. The first-order valence-electron chi connectivity index (χ1n) is 8.85. The number of hydrogen-bond acceptors (Lipinski definition) is 6. The van der Waals surface area contributed by atoms with Crippen LogP contribution in [0.3, 0.4) is 0 Å². The highest BCUT2D eigenvalue weighted by Gasteiger charge is 2.34. The van der Waals surface area contributed by atoms with E-state index in [9.17, 15) is 9.59 Å². The van der Waals surface area contributed by atoms with Crippen LogP contribution in [0, 0.1) is 0 Å². The first-order chi connectivity index (χ1) is 12.6. The maximum absolute atomic E-state index is 11.9. The van der Waals surface area contributed by atoms with Crippen molar-refractivity contribution in [2.75, 3.05) is 31.6 Å². The highest BCUT2D eigenvalue weighted by Crippen LogP contribution is 2.24. The van der Waals surface area contributed by atoms with Crippen LogP contribution >= 0.6 is 0 Å². The van der Waals surface area contributed by atoms with Crippen LogP contribution in [-0.4, -0.2) is 58.6 Å². The predicted molar refractivity (Wildman–Crippen MR) is 94.4 cm³/mol. The van der Waals surface area contributed by atoms with Crippen molar-refractivity contribution in [1.29, 1.82) is 0 Å². The second-order valence-electron chi connectivity index (χ2n) is 6.72. The zero-order valence-electron chi connectivity index (χ0n) is 14.7. The summed E-state index contributed by atoms with van der Waals surface area (Å²) in [6.07, 6.45) is 3.77. The molecule has 2 aliphatic heterocycles. The minimum atomic E-state index is -0.347. The minimum absolute atomic E-state index is 0.000861. The number of imide groups is 1. The summed E-state index contributed by atoms with van der Waals surface area (Å²) in [6, 6.07) is 7.73. The molecule has 4 rings (SSSR count). The first-order valence-corrected chi connectivity index (χ1v) is 8.85. The average molecular weight is 355 g/mol. The second-order valence-corrected chi connectivity index (χ2v) is 6.72. The lowest BCUT2D eigenvalue weighted by Crippen LogP contribution is -2.31. The maximum Gasteiger partial charge on any atom is 0.327 e. The maximum atomic E-state index is 11.9. The van der Waals surface area contributed by atoms with Gasteiger partial charge >= 0.3 is 6.03 Å². The van der Waals surface area contributed by atoms with E-state index in [0.717, 1.165) is 23.6 Å². The van der Waals surface area contributed by atoms with Gasteiger partial charge in [0.25, 0.3) is 5.91 Å². The number of aromatic nitrogens is 2. The molecular weight excluding hydrogens is 334 g/mol. The first kappa shape index (κ1) is 16.6. The lowest BCUT2D eigenvalue weighted by molar-refractivity contribution is -0.125. The fraction of sp³-hybridized carbons (Fsp3) is 0.444. The molecule has 8 nitrogen and oxygen atoms in total. The highest BCUT2D eigenvalue weighted by molar-refractivity contribution is 6.01. The van der Waals surface area contributed by atoms with Crippen LogP contribution in [0.25, 0.3) is 11.4 Å². The summed E-state index contributed by atoms with van der Waals surface area (Å²) in [5, 5.41) is 3.98. The molecule has 0 N–H and O–H groups in total. The number of hydrogen-bond donors (Lipinski definition) is 0. The Balaban J connectivity index is 1.46. The molecule has 2 aliphatic rings. The van der Waals surface area contributed by atoms with Gasteiger partial charge in [0.15, 0.2) is 0 Å². The number of piperidine rings is 1. The van der Waals surface area contributed by atoms with Gasteiger partial charge in [0, 0.05) is 31.4 Å². The molecule has 0 bridgehead atoms. The molecule has 0 saturated carbocycles. The van der Waals surface area contributed by atoms with Gasteiger partial charge in [-0.25, -0.2) is 4.79 Å². The van der Waals surface area contributed by atoms with Crippen molar-refractivity contribution in [2.24, 2.45) is 0 Å². The zero-order chi connectivity index (χ0) is 18.1. The van der Waals surface area contributed by atoms with Gasteiger partial charge < -0.3 is 14.3 Å². The third-order valence-corrected chi connectivity index (χ3v) is 4.84. The molecule has 0 radical (unpaired) electrons. The molecule has 0 atom stereocenters. The fourth-order valence-corrected chi connectivity index (χ4v) is 3.37. The van der Waals surface area contributed by atoms with Gasteiger partial charge in [-0.05, 0) is 43.5 Å². The molecule has 2 saturated heterocycles. The van der Waals surface area contributed by atoms with Gasteiger partial charge in [-0.1, -0.05) is 5.16 Å². The van der Waals surface area contributed by atoms with E-state index in [1.54, 1.807) is 7.05 Å². The van der Waals surface area contributed by atoms with E-state index in [1.807, 2.05) is 12.1 Å². The Hall–Kier alpha value is -2.90. The van der Waals surface area contributed by atoms with Gasteiger partial charge in [0.1, 0.15) is 13.1 Å². The fourth-order valence-electron chi connectivity index (χ4n) is 3.37. The number of nitrogens with zero attached hydrogens (tertiary/aromatic N) is 5. The van der Waals surface area contributed by atoms with Crippen LogP contribution in [0.5, 0.6) is 0 Å². The summed E-state index contributed by atoms with van der Waals surface area (Å²) >= 11 is 0. The van der Waals surface area contributed by atoms with Gasteiger partial charge in [0.05, 0.1) is 0 Å². The molecule has 26 heavy (non-hydrogen) atoms. The van der Waals surface area contributed by atoms with Crippen LogP contribution in [0.2, 0.25) is 0 Å². The monoisotopic (exact) mass is 355 g/mol. The highest BCUT2D eigenvalue weighted by atomic mass is 16.5. The van der Waals surface area contributed by atoms with Crippen LogP contribution in [0.1, 0.15) is 25.2 Å². The summed E-state index contributed by atoms with van der Waals surface area (Å²) in [5.74, 6) is 0.442. The minimum Gasteiger partial charge on any atom is -0.372 e. The van der Waals surface area contributed by atoms with E-state index in [0.29, 0.717) is 5.82 Å². The summed E-state index contributed by atoms with van der Waals surface area (Å²) in [5.41, 5.74) is 2.05. The van der Waals surface area contributed by atoms with Gasteiger partial charge in [-0.2, -0.15) is 4.98 Å². The topological polar surface area (TPSA) is 82.8 Å². The third-order valence-electron chi connectivity index (χ3n) is 4.84. The molecule has 3 amide bonds. The number of carbonyl (C=O) groups excluding carboxylic acids is 2. The molecular formula is C18H21N5O3. The summed E-state index contributed by atoms with van der Waals surface area (Å²) < 4.78 is 5.22. The molecule has 8 heteroatoms. The molecule has 0 spiro atoms. The second kappa shape index (κ2) is 6.78. The van der Waals surface area contributed by atoms with E-state index in [4.69, 9.17) is 4.52 Å². The van der Waals surface area contributed by atoms with Crippen LogP contribution in [-0.2, 0) is 11.3 Å². The number of benzene rings is 1. The number of anilines is 1. The molecule has 2 fully saturated rings. The number of amides is 3. The Bertz CT molecular complexity index is 810. The normalized spacial score (nSPS) is 18.1. The number of urea groups is 1. The lowest BCUT2D eigenvalue weighted by atomic mass is 10.1. The van der Waals surface area contributed by atoms with Gasteiger partial charge in [0.2, 0.25) is 11.7 Å². The number of likely N-dealkylation sites (N-methyl/N-ethyl adjacent to an activating group) is 1. The Labute approximate surface area is 151 Å². The van der Waals surface area contributed by atoms with Crippen molar-refractivity contribution >= 4 is 17.6 Å². The smallest absolute Gasteiger partial charge is 0.327 e. The lowest BCUT2D eigenvalue weighted by Gasteiger charge is -2.28. The molecule has 2 aromatic rings. The molecule has 0 aliphatic carbocycles. The third kappa shape index (κ3) is 3.14. The largest absolute Gasteiger partial charge is 0.372 e. The van der Waals surface area contributed by atoms with Crippen LogP contribution in [0.15, 0.2) is 28.8 Å². The Morgan fingerprint density at radius 1 is 1.08 bits per heavy atom. The summed E-state index contributed by atoms with van der Waals surface area (Å²) in [7, 11) is 1.59. The van der Waals surface area contributed by atoms with E-state index in [1.165, 1.54) is 29.8 Å². The van der Waals surface area contributed by atoms with E-state index >= 15 is 0 Å². The van der Waals surface area contributed by atoms with Crippen molar-refractivity contribution in [2.45, 2.75) is 25.8 Å².